The first-order chi connectivity index (χ1) is 15.0. The summed E-state index contributed by atoms with van der Waals surface area (Å²) in [7, 11) is 0. The molecule has 164 valence electrons. The molecule has 0 aromatic heterocycles. The largest absolute Gasteiger partial charge is 0.374 e. The van der Waals surface area contributed by atoms with E-state index >= 15 is 0 Å². The van der Waals surface area contributed by atoms with Crippen molar-refractivity contribution in [1.82, 2.24) is 9.80 Å². The monoisotopic (exact) mass is 440 g/mol. The molecule has 2 aliphatic heterocycles. The molecule has 0 aliphatic carbocycles. The van der Waals surface area contributed by atoms with Crippen LogP contribution < -0.4 is 10.2 Å². The minimum Gasteiger partial charge on any atom is -0.374 e. The van der Waals surface area contributed by atoms with Crippen molar-refractivity contribution in [2.24, 2.45) is 0 Å². The van der Waals surface area contributed by atoms with Gasteiger partial charge in [0.15, 0.2) is 0 Å². The van der Waals surface area contributed by atoms with Crippen LogP contribution in [0.3, 0.4) is 0 Å². The number of amides is 2. The smallest absolute Gasteiger partial charge is 0.244 e. The Morgan fingerprint density at radius 2 is 1.81 bits per heavy atom. The summed E-state index contributed by atoms with van der Waals surface area (Å²) < 4.78 is 0. The third kappa shape index (κ3) is 5.20. The SMILES string of the molecule is C[C@H](Nc1ccc(N2CCCC2=O)c(Cl)c1)C(=O)N1CCN(Cc2ccccc2)CC1. The minimum absolute atomic E-state index is 0.0919. The van der Waals surface area contributed by atoms with E-state index in [0.717, 1.165) is 50.5 Å². The maximum atomic E-state index is 12.9. The Morgan fingerprint density at radius 3 is 2.45 bits per heavy atom. The van der Waals surface area contributed by atoms with Crippen LogP contribution in [0.1, 0.15) is 25.3 Å². The summed E-state index contributed by atoms with van der Waals surface area (Å²) in [4.78, 5) is 31.0. The molecular weight excluding hydrogens is 412 g/mol. The Bertz CT molecular complexity index is 928. The van der Waals surface area contributed by atoms with Crippen molar-refractivity contribution in [2.45, 2.75) is 32.4 Å². The van der Waals surface area contributed by atoms with Crippen molar-refractivity contribution < 1.29 is 9.59 Å². The molecule has 7 heteroatoms. The maximum Gasteiger partial charge on any atom is 0.244 e. The van der Waals surface area contributed by atoms with E-state index in [1.54, 1.807) is 11.0 Å². The van der Waals surface area contributed by atoms with E-state index in [2.05, 4.69) is 34.5 Å². The molecule has 0 radical (unpaired) electrons. The van der Waals surface area contributed by atoms with Crippen LogP contribution in [0.4, 0.5) is 11.4 Å². The molecule has 0 saturated carbocycles. The standard InChI is InChI=1S/C24H29ClN4O2/c1-18(26-20-9-10-22(21(25)16-20)29-11-5-8-23(29)30)24(31)28-14-12-27(13-15-28)17-19-6-3-2-4-7-19/h2-4,6-7,9-10,16,18,26H,5,8,11-15,17H2,1H3/t18-/m0/s1. The first-order valence-corrected chi connectivity index (χ1v) is 11.3. The van der Waals surface area contributed by atoms with Crippen molar-refractivity contribution in [3.8, 4) is 0 Å². The minimum atomic E-state index is -0.351. The van der Waals surface area contributed by atoms with Crippen molar-refractivity contribution in [1.29, 1.82) is 0 Å². The van der Waals surface area contributed by atoms with Gasteiger partial charge in [-0.25, -0.2) is 0 Å². The van der Waals surface area contributed by atoms with E-state index in [4.69, 9.17) is 11.6 Å². The van der Waals surface area contributed by atoms with Gasteiger partial charge in [0.25, 0.3) is 0 Å². The number of hydrogen-bond donors (Lipinski definition) is 1. The molecule has 2 amide bonds. The summed E-state index contributed by atoms with van der Waals surface area (Å²) in [6, 6.07) is 15.6. The second-order valence-corrected chi connectivity index (χ2v) is 8.68. The number of carbonyl (C=O) groups is 2. The first-order valence-electron chi connectivity index (χ1n) is 10.9. The third-order valence-corrected chi connectivity index (χ3v) is 6.30. The third-order valence-electron chi connectivity index (χ3n) is 6.00. The number of anilines is 2. The van der Waals surface area contributed by atoms with Gasteiger partial charge >= 0.3 is 0 Å². The molecule has 2 aromatic rings. The molecular formula is C24H29ClN4O2. The van der Waals surface area contributed by atoms with Crippen LogP contribution in [0.5, 0.6) is 0 Å². The summed E-state index contributed by atoms with van der Waals surface area (Å²) in [6.45, 7) is 6.71. The van der Waals surface area contributed by atoms with Gasteiger partial charge in [0.05, 0.1) is 10.7 Å². The number of piperazine rings is 1. The summed E-state index contributed by atoms with van der Waals surface area (Å²) >= 11 is 6.43. The highest BCUT2D eigenvalue weighted by molar-refractivity contribution is 6.34. The van der Waals surface area contributed by atoms with Crippen molar-refractivity contribution in [3.63, 3.8) is 0 Å². The number of nitrogens with zero attached hydrogens (tertiary/aromatic N) is 3. The average molecular weight is 441 g/mol. The molecule has 6 nitrogen and oxygen atoms in total. The highest BCUT2D eigenvalue weighted by atomic mass is 35.5. The van der Waals surface area contributed by atoms with Crippen LogP contribution in [-0.4, -0.2) is 60.4 Å². The fourth-order valence-electron chi connectivity index (χ4n) is 4.27. The number of nitrogens with one attached hydrogen (secondary N) is 1. The second-order valence-electron chi connectivity index (χ2n) is 8.27. The molecule has 2 fully saturated rings. The van der Waals surface area contributed by atoms with E-state index < -0.39 is 0 Å². The molecule has 2 aromatic carbocycles. The van der Waals surface area contributed by atoms with Crippen molar-refractivity contribution >= 4 is 34.8 Å². The lowest BCUT2D eigenvalue weighted by Gasteiger charge is -2.36. The summed E-state index contributed by atoms with van der Waals surface area (Å²) in [5, 5.41) is 3.79. The number of benzene rings is 2. The quantitative estimate of drug-likeness (QED) is 0.745. The van der Waals surface area contributed by atoms with Gasteiger partial charge in [0.1, 0.15) is 6.04 Å². The van der Waals surface area contributed by atoms with Gasteiger partial charge in [-0.1, -0.05) is 41.9 Å². The molecule has 2 aliphatic rings. The predicted octanol–water partition coefficient (Wildman–Crippen LogP) is 3.61. The van der Waals surface area contributed by atoms with Crippen LogP contribution in [-0.2, 0) is 16.1 Å². The van der Waals surface area contributed by atoms with Crippen molar-refractivity contribution in [3.05, 3.63) is 59.1 Å². The molecule has 0 bridgehead atoms. The zero-order valence-electron chi connectivity index (χ0n) is 17.9. The van der Waals surface area contributed by atoms with Gasteiger partial charge in [0.2, 0.25) is 11.8 Å². The number of rotatable bonds is 6. The number of hydrogen-bond acceptors (Lipinski definition) is 4. The predicted molar refractivity (Wildman–Crippen MR) is 124 cm³/mol. The number of halogens is 1. The van der Waals surface area contributed by atoms with Crippen LogP contribution in [0.15, 0.2) is 48.5 Å². The zero-order valence-corrected chi connectivity index (χ0v) is 18.6. The normalized spacial score (nSPS) is 18.3. The Hall–Kier alpha value is -2.57. The van der Waals surface area contributed by atoms with E-state index in [9.17, 15) is 9.59 Å². The summed E-state index contributed by atoms with van der Waals surface area (Å²) in [6.07, 6.45) is 1.43. The fourth-order valence-corrected chi connectivity index (χ4v) is 4.55. The van der Waals surface area contributed by atoms with Gasteiger partial charge < -0.3 is 15.1 Å². The maximum absolute atomic E-state index is 12.9. The molecule has 1 N–H and O–H groups in total. The lowest BCUT2D eigenvalue weighted by Crippen LogP contribution is -2.51. The van der Waals surface area contributed by atoms with E-state index in [1.165, 1.54) is 5.56 Å². The van der Waals surface area contributed by atoms with Gasteiger partial charge in [-0.05, 0) is 37.1 Å². The van der Waals surface area contributed by atoms with Gasteiger partial charge in [-0.3, -0.25) is 14.5 Å². The molecule has 31 heavy (non-hydrogen) atoms. The molecule has 4 rings (SSSR count). The highest BCUT2D eigenvalue weighted by Gasteiger charge is 2.26. The van der Waals surface area contributed by atoms with Crippen LogP contribution in [0.2, 0.25) is 5.02 Å². The van der Waals surface area contributed by atoms with E-state index in [1.807, 2.05) is 30.0 Å². The first kappa shape index (κ1) is 21.7. The number of carbonyl (C=O) groups excluding carboxylic acids is 2. The average Bonchev–Trinajstić information content (AvgIpc) is 3.20. The molecule has 1 atom stereocenters. The fraction of sp³-hybridized carbons (Fsp3) is 0.417. The Balaban J connectivity index is 1.30. The van der Waals surface area contributed by atoms with Crippen molar-refractivity contribution in [2.75, 3.05) is 42.9 Å². The summed E-state index contributed by atoms with van der Waals surface area (Å²) in [5.41, 5.74) is 2.82. The second kappa shape index (κ2) is 9.71. The van der Waals surface area contributed by atoms with Crippen LogP contribution >= 0.6 is 11.6 Å². The van der Waals surface area contributed by atoms with E-state index in [-0.39, 0.29) is 17.9 Å². The molecule has 0 unspecified atom stereocenters. The Labute approximate surface area is 188 Å². The molecule has 2 saturated heterocycles. The summed E-state index contributed by atoms with van der Waals surface area (Å²) in [5.74, 6) is 0.201. The van der Waals surface area contributed by atoms with Crippen LogP contribution in [0, 0.1) is 0 Å². The van der Waals surface area contributed by atoms with Gasteiger partial charge in [-0.2, -0.15) is 0 Å². The molecule has 0 spiro atoms. The zero-order chi connectivity index (χ0) is 21.8. The topological polar surface area (TPSA) is 55.9 Å². The van der Waals surface area contributed by atoms with Gasteiger partial charge in [-0.15, -0.1) is 0 Å². The Kier molecular flexibility index (Phi) is 6.78. The van der Waals surface area contributed by atoms with E-state index in [0.29, 0.717) is 18.0 Å². The van der Waals surface area contributed by atoms with Crippen LogP contribution in [0.25, 0.3) is 0 Å². The Morgan fingerprint density at radius 1 is 1.06 bits per heavy atom. The van der Waals surface area contributed by atoms with Gasteiger partial charge in [0, 0.05) is 51.4 Å². The molecule has 2 heterocycles. The lowest BCUT2D eigenvalue weighted by atomic mass is 10.2. The highest BCUT2D eigenvalue weighted by Crippen LogP contribution is 2.32. The lowest BCUT2D eigenvalue weighted by molar-refractivity contribution is -0.133.